The van der Waals surface area contributed by atoms with E-state index in [1.54, 1.807) is 29.7 Å². The molecule has 2 rings (SSSR count). The van der Waals surface area contributed by atoms with E-state index >= 15 is 0 Å². The molecule has 78 valence electrons. The standard InChI is InChI=1S/C10H11N3OS/c1-6(2)9-12-13-10(15-9)7-3-4-8(14)11-5-7/h3-6H,1-2H3,(H,11,14). The van der Waals surface area contributed by atoms with E-state index < -0.39 is 0 Å². The minimum Gasteiger partial charge on any atom is -0.493 e. The average Bonchev–Trinajstić information content (AvgIpc) is 2.68. The first-order valence-corrected chi connectivity index (χ1v) is 5.47. The number of pyridine rings is 1. The molecule has 0 spiro atoms. The topological polar surface area (TPSA) is 58.9 Å². The number of hydrogen-bond donors (Lipinski definition) is 1. The van der Waals surface area contributed by atoms with Gasteiger partial charge >= 0.3 is 0 Å². The van der Waals surface area contributed by atoms with Gasteiger partial charge in [0, 0.05) is 23.7 Å². The fourth-order valence-electron chi connectivity index (χ4n) is 1.10. The van der Waals surface area contributed by atoms with Gasteiger partial charge in [0.25, 0.3) is 0 Å². The van der Waals surface area contributed by atoms with Crippen molar-refractivity contribution in [2.24, 2.45) is 0 Å². The number of hydrogen-bond acceptors (Lipinski definition) is 5. The summed E-state index contributed by atoms with van der Waals surface area (Å²) in [5, 5.41) is 19.1. The Balaban J connectivity index is 2.33. The van der Waals surface area contributed by atoms with E-state index in [0.29, 0.717) is 5.92 Å². The Hall–Kier alpha value is -1.49. The third-order valence-electron chi connectivity index (χ3n) is 1.93. The highest BCUT2D eigenvalue weighted by Crippen LogP contribution is 2.27. The molecule has 0 fully saturated rings. The third kappa shape index (κ3) is 2.12. The van der Waals surface area contributed by atoms with Gasteiger partial charge in [0.05, 0.1) is 0 Å². The van der Waals surface area contributed by atoms with Gasteiger partial charge in [-0.05, 0) is 6.07 Å². The minimum atomic E-state index is 0.0207. The summed E-state index contributed by atoms with van der Waals surface area (Å²) in [5.74, 6) is 0.411. The van der Waals surface area contributed by atoms with Gasteiger partial charge in [0.15, 0.2) is 0 Å². The van der Waals surface area contributed by atoms with Crippen molar-refractivity contribution in [2.75, 3.05) is 0 Å². The van der Waals surface area contributed by atoms with Gasteiger partial charge in [0.2, 0.25) is 5.88 Å². The van der Waals surface area contributed by atoms with Crippen molar-refractivity contribution in [1.82, 2.24) is 15.2 Å². The van der Waals surface area contributed by atoms with Crippen LogP contribution in [0.4, 0.5) is 0 Å². The lowest BCUT2D eigenvalue weighted by atomic mass is 10.2. The second kappa shape index (κ2) is 3.94. The molecule has 0 atom stereocenters. The molecule has 0 aliphatic rings. The highest BCUT2D eigenvalue weighted by molar-refractivity contribution is 7.14. The van der Waals surface area contributed by atoms with Gasteiger partial charge in [-0.25, -0.2) is 4.98 Å². The van der Waals surface area contributed by atoms with Crippen molar-refractivity contribution < 1.29 is 5.11 Å². The molecule has 15 heavy (non-hydrogen) atoms. The van der Waals surface area contributed by atoms with Crippen molar-refractivity contribution in [1.29, 1.82) is 0 Å². The molecule has 0 aliphatic heterocycles. The zero-order valence-electron chi connectivity index (χ0n) is 8.51. The maximum Gasteiger partial charge on any atom is 0.210 e. The van der Waals surface area contributed by atoms with Crippen LogP contribution in [-0.2, 0) is 0 Å². The van der Waals surface area contributed by atoms with Crippen LogP contribution >= 0.6 is 11.3 Å². The molecule has 2 heterocycles. The molecule has 0 amide bonds. The van der Waals surface area contributed by atoms with E-state index in [0.717, 1.165) is 15.6 Å². The number of nitrogens with zero attached hydrogens (tertiary/aromatic N) is 3. The van der Waals surface area contributed by atoms with Crippen molar-refractivity contribution >= 4 is 11.3 Å². The van der Waals surface area contributed by atoms with Gasteiger partial charge in [-0.15, -0.1) is 10.2 Å². The minimum absolute atomic E-state index is 0.0207. The SMILES string of the molecule is CC(C)c1nnc(-c2ccc(O)nc2)s1. The molecule has 0 unspecified atom stereocenters. The molecule has 0 saturated carbocycles. The van der Waals surface area contributed by atoms with Gasteiger partial charge in [-0.3, -0.25) is 0 Å². The quantitative estimate of drug-likeness (QED) is 0.846. The summed E-state index contributed by atoms with van der Waals surface area (Å²) in [6.07, 6.45) is 1.60. The van der Waals surface area contributed by atoms with E-state index in [-0.39, 0.29) is 5.88 Å². The zero-order valence-corrected chi connectivity index (χ0v) is 9.32. The van der Waals surface area contributed by atoms with Crippen LogP contribution in [0.2, 0.25) is 0 Å². The Bertz CT molecular complexity index is 450. The fraction of sp³-hybridized carbons (Fsp3) is 0.300. The lowest BCUT2D eigenvalue weighted by Gasteiger charge is -1.95. The first-order chi connectivity index (χ1) is 7.16. The van der Waals surface area contributed by atoms with Crippen LogP contribution in [0.5, 0.6) is 5.88 Å². The third-order valence-corrected chi connectivity index (χ3v) is 3.20. The molecule has 4 nitrogen and oxygen atoms in total. The smallest absolute Gasteiger partial charge is 0.210 e. The van der Waals surface area contributed by atoms with E-state index in [1.165, 1.54) is 0 Å². The highest BCUT2D eigenvalue weighted by Gasteiger charge is 2.09. The van der Waals surface area contributed by atoms with Crippen molar-refractivity contribution in [3.8, 4) is 16.5 Å². The number of rotatable bonds is 2. The maximum absolute atomic E-state index is 9.05. The Morgan fingerprint density at radius 2 is 2.07 bits per heavy atom. The summed E-state index contributed by atoms with van der Waals surface area (Å²) >= 11 is 1.56. The van der Waals surface area contributed by atoms with Crippen molar-refractivity contribution in [2.45, 2.75) is 19.8 Å². The maximum atomic E-state index is 9.05. The second-order valence-electron chi connectivity index (χ2n) is 3.51. The normalized spacial score (nSPS) is 10.9. The summed E-state index contributed by atoms with van der Waals surface area (Å²) < 4.78 is 0. The molecule has 0 bridgehead atoms. The molecule has 2 aromatic heterocycles. The lowest BCUT2D eigenvalue weighted by molar-refractivity contribution is 0.453. The van der Waals surface area contributed by atoms with Gasteiger partial charge in [0.1, 0.15) is 10.0 Å². The average molecular weight is 221 g/mol. The first kappa shape index (κ1) is 10.0. The molecule has 0 radical (unpaired) electrons. The zero-order chi connectivity index (χ0) is 10.8. The fourth-order valence-corrected chi connectivity index (χ4v) is 1.93. The van der Waals surface area contributed by atoms with Crippen LogP contribution < -0.4 is 0 Å². The van der Waals surface area contributed by atoms with Gasteiger partial charge < -0.3 is 5.11 Å². The molecule has 5 heteroatoms. The molecule has 0 saturated heterocycles. The van der Waals surface area contributed by atoms with E-state index in [1.807, 2.05) is 0 Å². The van der Waals surface area contributed by atoms with Crippen LogP contribution in [-0.4, -0.2) is 20.3 Å². The van der Waals surface area contributed by atoms with E-state index in [9.17, 15) is 0 Å². The monoisotopic (exact) mass is 221 g/mol. The van der Waals surface area contributed by atoms with Gasteiger partial charge in [-0.1, -0.05) is 25.2 Å². The Labute approximate surface area is 91.6 Å². The van der Waals surface area contributed by atoms with Crippen LogP contribution in [0.25, 0.3) is 10.6 Å². The molecule has 0 aliphatic carbocycles. The molecular weight excluding hydrogens is 210 g/mol. The van der Waals surface area contributed by atoms with Crippen molar-refractivity contribution in [3.63, 3.8) is 0 Å². The number of aromatic nitrogens is 3. The van der Waals surface area contributed by atoms with E-state index in [4.69, 9.17) is 5.11 Å². The van der Waals surface area contributed by atoms with Crippen LogP contribution in [0.15, 0.2) is 18.3 Å². The Morgan fingerprint density at radius 1 is 1.27 bits per heavy atom. The predicted octanol–water partition coefficient (Wildman–Crippen LogP) is 2.43. The highest BCUT2D eigenvalue weighted by atomic mass is 32.1. The molecule has 2 aromatic rings. The number of aromatic hydroxyl groups is 1. The second-order valence-corrected chi connectivity index (χ2v) is 4.51. The summed E-state index contributed by atoms with van der Waals surface area (Å²) in [6.45, 7) is 4.17. The lowest BCUT2D eigenvalue weighted by Crippen LogP contribution is -1.83. The van der Waals surface area contributed by atoms with Crippen LogP contribution in [0, 0.1) is 0 Å². The van der Waals surface area contributed by atoms with Crippen molar-refractivity contribution in [3.05, 3.63) is 23.3 Å². The largest absolute Gasteiger partial charge is 0.493 e. The summed E-state index contributed by atoms with van der Waals surface area (Å²) in [6, 6.07) is 3.33. The Kier molecular flexibility index (Phi) is 2.64. The molecule has 0 aromatic carbocycles. The predicted molar refractivity (Wildman–Crippen MR) is 58.9 cm³/mol. The van der Waals surface area contributed by atoms with Crippen LogP contribution in [0.3, 0.4) is 0 Å². The Morgan fingerprint density at radius 3 is 2.60 bits per heavy atom. The summed E-state index contributed by atoms with van der Waals surface area (Å²) in [7, 11) is 0. The molecule has 1 N–H and O–H groups in total. The van der Waals surface area contributed by atoms with E-state index in [2.05, 4.69) is 29.0 Å². The summed E-state index contributed by atoms with van der Waals surface area (Å²) in [5.41, 5.74) is 0.886. The summed E-state index contributed by atoms with van der Waals surface area (Å²) in [4.78, 5) is 3.80. The van der Waals surface area contributed by atoms with Crippen LogP contribution in [0.1, 0.15) is 24.8 Å². The van der Waals surface area contributed by atoms with Gasteiger partial charge in [-0.2, -0.15) is 0 Å². The first-order valence-electron chi connectivity index (χ1n) is 4.65. The molecular formula is C10H11N3OS.